The molecule has 0 aliphatic carbocycles. The first-order valence-electron chi connectivity index (χ1n) is 9.13. The lowest BCUT2D eigenvalue weighted by Crippen LogP contribution is -2.19. The van der Waals surface area contributed by atoms with E-state index in [-0.39, 0.29) is 12.7 Å². The van der Waals surface area contributed by atoms with E-state index in [1.165, 1.54) is 11.3 Å². The van der Waals surface area contributed by atoms with Crippen molar-refractivity contribution in [3.63, 3.8) is 0 Å². The van der Waals surface area contributed by atoms with Crippen LogP contribution < -0.4 is 19.5 Å². The van der Waals surface area contributed by atoms with Gasteiger partial charge in [0.05, 0.1) is 5.69 Å². The van der Waals surface area contributed by atoms with Crippen molar-refractivity contribution in [1.82, 2.24) is 9.88 Å². The number of aromatic nitrogens is 1. The van der Waals surface area contributed by atoms with Crippen molar-refractivity contribution in [2.24, 2.45) is 0 Å². The summed E-state index contributed by atoms with van der Waals surface area (Å²) in [5.41, 5.74) is 2.14. The molecule has 7 nitrogen and oxygen atoms in total. The Balaban J connectivity index is 1.47. The monoisotopic (exact) mass is 411 g/mol. The van der Waals surface area contributed by atoms with E-state index in [9.17, 15) is 4.79 Å². The number of nitrogens with zero attached hydrogens (tertiary/aromatic N) is 2. The molecule has 0 saturated carbocycles. The van der Waals surface area contributed by atoms with Crippen LogP contribution in [0.25, 0.3) is 11.3 Å². The fraction of sp³-hybridized carbons (Fsp3) is 0.238. The molecule has 8 heteroatoms. The molecular formula is C21H21N3O4S. The predicted octanol–water partition coefficient (Wildman–Crippen LogP) is 3.73. The molecule has 0 spiro atoms. The van der Waals surface area contributed by atoms with Gasteiger partial charge in [0.15, 0.2) is 16.6 Å². The molecule has 2 aromatic carbocycles. The molecule has 29 heavy (non-hydrogen) atoms. The Morgan fingerprint density at radius 1 is 1.21 bits per heavy atom. The zero-order chi connectivity index (χ0) is 20.2. The molecular weight excluding hydrogens is 390 g/mol. The maximum atomic E-state index is 12.6. The highest BCUT2D eigenvalue weighted by Gasteiger charge is 2.17. The molecule has 0 saturated heterocycles. The highest BCUT2D eigenvalue weighted by atomic mass is 32.1. The number of carbonyl (C=O) groups is 1. The lowest BCUT2D eigenvalue weighted by Gasteiger charge is -2.13. The van der Waals surface area contributed by atoms with Gasteiger partial charge in [0.2, 0.25) is 6.79 Å². The minimum atomic E-state index is -0.250. The molecule has 2 heterocycles. The summed E-state index contributed by atoms with van der Waals surface area (Å²) >= 11 is 1.37. The van der Waals surface area contributed by atoms with Gasteiger partial charge in [-0.1, -0.05) is 12.1 Å². The number of rotatable bonds is 7. The third-order valence-corrected chi connectivity index (χ3v) is 5.08. The van der Waals surface area contributed by atoms with E-state index >= 15 is 0 Å². The van der Waals surface area contributed by atoms with Crippen molar-refractivity contribution in [1.29, 1.82) is 0 Å². The van der Waals surface area contributed by atoms with E-state index in [0.717, 1.165) is 23.6 Å². The van der Waals surface area contributed by atoms with Crippen molar-refractivity contribution >= 4 is 22.4 Å². The molecule has 1 amide bonds. The maximum Gasteiger partial charge on any atom is 0.257 e. The van der Waals surface area contributed by atoms with Gasteiger partial charge in [-0.2, -0.15) is 0 Å². The number of carbonyl (C=O) groups excluding carboxylic acids is 1. The van der Waals surface area contributed by atoms with Crippen LogP contribution in [-0.4, -0.2) is 49.8 Å². The van der Waals surface area contributed by atoms with Crippen molar-refractivity contribution in [3.8, 4) is 28.5 Å². The van der Waals surface area contributed by atoms with Gasteiger partial charge < -0.3 is 19.1 Å². The summed E-state index contributed by atoms with van der Waals surface area (Å²) < 4.78 is 16.5. The average molecular weight is 411 g/mol. The third-order valence-electron chi connectivity index (χ3n) is 4.32. The number of hydrogen-bond acceptors (Lipinski definition) is 7. The molecule has 1 aromatic heterocycles. The highest BCUT2D eigenvalue weighted by molar-refractivity contribution is 7.14. The van der Waals surface area contributed by atoms with Gasteiger partial charge in [0, 0.05) is 23.1 Å². The largest absolute Gasteiger partial charge is 0.492 e. The number of benzene rings is 2. The Bertz CT molecular complexity index is 1020. The van der Waals surface area contributed by atoms with Gasteiger partial charge in [-0.25, -0.2) is 4.98 Å². The topological polar surface area (TPSA) is 72.9 Å². The summed E-state index contributed by atoms with van der Waals surface area (Å²) in [4.78, 5) is 19.2. The Morgan fingerprint density at radius 3 is 2.90 bits per heavy atom. The minimum Gasteiger partial charge on any atom is -0.492 e. The summed E-state index contributed by atoms with van der Waals surface area (Å²) in [5.74, 6) is 1.73. The summed E-state index contributed by atoms with van der Waals surface area (Å²) in [6.07, 6.45) is 0. The molecule has 0 atom stereocenters. The lowest BCUT2D eigenvalue weighted by molar-refractivity contribution is 0.102. The fourth-order valence-electron chi connectivity index (χ4n) is 2.80. The van der Waals surface area contributed by atoms with Crippen molar-refractivity contribution in [3.05, 3.63) is 53.4 Å². The Labute approximate surface area is 172 Å². The van der Waals surface area contributed by atoms with Gasteiger partial charge in [0.1, 0.15) is 12.4 Å². The minimum absolute atomic E-state index is 0.173. The fourth-order valence-corrected chi connectivity index (χ4v) is 3.51. The Morgan fingerprint density at radius 2 is 2.03 bits per heavy atom. The van der Waals surface area contributed by atoms with Gasteiger partial charge in [-0.05, 0) is 44.4 Å². The van der Waals surface area contributed by atoms with Crippen LogP contribution in [0.1, 0.15) is 10.4 Å². The molecule has 0 unspecified atom stereocenters. The van der Waals surface area contributed by atoms with Gasteiger partial charge in [0.25, 0.3) is 5.91 Å². The molecule has 0 bridgehead atoms. The van der Waals surface area contributed by atoms with Crippen LogP contribution in [-0.2, 0) is 0 Å². The van der Waals surface area contributed by atoms with Crippen molar-refractivity contribution < 1.29 is 19.0 Å². The van der Waals surface area contributed by atoms with E-state index in [0.29, 0.717) is 28.8 Å². The second-order valence-corrected chi connectivity index (χ2v) is 7.57. The van der Waals surface area contributed by atoms with Crippen molar-refractivity contribution in [2.75, 3.05) is 39.4 Å². The number of likely N-dealkylation sites (N-methyl/N-ethyl adjacent to an activating group) is 1. The molecule has 150 valence electrons. The maximum absolute atomic E-state index is 12.6. The summed E-state index contributed by atoms with van der Waals surface area (Å²) in [5, 5.41) is 5.27. The van der Waals surface area contributed by atoms with Crippen LogP contribution in [0, 0.1) is 0 Å². The number of nitrogens with one attached hydrogen (secondary N) is 1. The Kier molecular flexibility index (Phi) is 5.64. The highest BCUT2D eigenvalue weighted by Crippen LogP contribution is 2.34. The van der Waals surface area contributed by atoms with Crippen LogP contribution in [0.2, 0.25) is 0 Å². The SMILES string of the molecule is CN(C)CCOc1ccccc1-c1csc(NC(=O)c2ccc3c(c2)OCO3)n1. The van der Waals surface area contributed by atoms with Crippen LogP contribution >= 0.6 is 11.3 Å². The van der Waals surface area contributed by atoms with E-state index in [1.807, 2.05) is 43.7 Å². The third kappa shape index (κ3) is 4.49. The lowest BCUT2D eigenvalue weighted by atomic mass is 10.1. The van der Waals surface area contributed by atoms with Gasteiger partial charge >= 0.3 is 0 Å². The second-order valence-electron chi connectivity index (χ2n) is 6.71. The van der Waals surface area contributed by atoms with E-state index in [4.69, 9.17) is 14.2 Å². The van der Waals surface area contributed by atoms with E-state index in [1.54, 1.807) is 18.2 Å². The summed E-state index contributed by atoms with van der Waals surface area (Å²) in [6, 6.07) is 12.9. The zero-order valence-corrected chi connectivity index (χ0v) is 17.0. The molecule has 3 aromatic rings. The van der Waals surface area contributed by atoms with Crippen LogP contribution in [0.4, 0.5) is 5.13 Å². The molecule has 4 rings (SSSR count). The first-order valence-corrected chi connectivity index (χ1v) is 10.0. The quantitative estimate of drug-likeness (QED) is 0.639. The molecule has 1 aliphatic heterocycles. The summed E-state index contributed by atoms with van der Waals surface area (Å²) in [7, 11) is 4.01. The number of hydrogen-bond donors (Lipinski definition) is 1. The Hall–Kier alpha value is -3.10. The van der Waals surface area contributed by atoms with E-state index < -0.39 is 0 Å². The number of para-hydroxylation sites is 1. The predicted molar refractivity (Wildman–Crippen MR) is 112 cm³/mol. The molecule has 0 fully saturated rings. The van der Waals surface area contributed by atoms with E-state index in [2.05, 4.69) is 15.2 Å². The van der Waals surface area contributed by atoms with Gasteiger partial charge in [-0.3, -0.25) is 10.1 Å². The zero-order valence-electron chi connectivity index (χ0n) is 16.2. The van der Waals surface area contributed by atoms with Gasteiger partial charge in [-0.15, -0.1) is 11.3 Å². The van der Waals surface area contributed by atoms with Crippen LogP contribution in [0.15, 0.2) is 47.8 Å². The number of ether oxygens (including phenoxy) is 3. The summed E-state index contributed by atoms with van der Waals surface area (Å²) in [6.45, 7) is 1.58. The normalized spacial score (nSPS) is 12.2. The number of thiazole rings is 1. The van der Waals surface area contributed by atoms with Crippen molar-refractivity contribution in [2.45, 2.75) is 0 Å². The number of amides is 1. The number of fused-ring (bicyclic) bond motifs is 1. The first-order chi connectivity index (χ1) is 14.1. The first kappa shape index (κ1) is 19.2. The number of anilines is 1. The molecule has 0 radical (unpaired) electrons. The smallest absolute Gasteiger partial charge is 0.257 e. The molecule has 1 N–H and O–H groups in total. The molecule has 1 aliphatic rings. The van der Waals surface area contributed by atoms with Crippen LogP contribution in [0.3, 0.4) is 0 Å². The standard InChI is InChI=1S/C21H21N3O4S/c1-24(2)9-10-26-17-6-4-3-5-15(17)16-12-29-21(22-16)23-20(25)14-7-8-18-19(11-14)28-13-27-18/h3-8,11-12H,9-10,13H2,1-2H3,(H,22,23,25). The second kappa shape index (κ2) is 8.50. The van der Waals surface area contributed by atoms with Crippen LogP contribution in [0.5, 0.6) is 17.2 Å². The average Bonchev–Trinajstić information content (AvgIpc) is 3.36.